The number of hydrogen-bond donors (Lipinski definition) is 3. The molecule has 27 heavy (non-hydrogen) atoms. The molecule has 2 atom stereocenters. The van der Waals surface area contributed by atoms with Crippen molar-refractivity contribution in [3.05, 3.63) is 23.3 Å². The van der Waals surface area contributed by atoms with Crippen LogP contribution in [-0.2, 0) is 11.2 Å². The Bertz CT molecular complexity index is 766. The van der Waals surface area contributed by atoms with E-state index in [2.05, 4.69) is 12.2 Å². The quantitative estimate of drug-likeness (QED) is 0.655. The lowest BCUT2D eigenvalue weighted by molar-refractivity contribution is -0.142. The van der Waals surface area contributed by atoms with Crippen LogP contribution in [0.3, 0.4) is 0 Å². The maximum absolute atomic E-state index is 12.5. The molecule has 4 rings (SSSR count). The van der Waals surface area contributed by atoms with Crippen LogP contribution < -0.4 is 14.7 Å². The zero-order chi connectivity index (χ0) is 19.1. The van der Waals surface area contributed by atoms with Crippen molar-refractivity contribution < 1.29 is 29.1 Å². The number of aryl methyl sites for hydroxylation is 1. The highest BCUT2D eigenvalue weighted by Gasteiger charge is 2.40. The SMILES string of the molecule is C[C@@H]1CCN[C@@H]1C(=O)N1CC(Oc2ccc3c(c2C(=O)O)OB(O)CC3)C1. The van der Waals surface area contributed by atoms with Crippen LogP contribution in [0, 0.1) is 5.92 Å². The number of carboxylic acid groups (broad SMARTS) is 1. The van der Waals surface area contributed by atoms with E-state index in [-0.39, 0.29) is 35.1 Å². The number of rotatable bonds is 4. The lowest BCUT2D eigenvalue weighted by atomic mass is 9.78. The first-order valence-corrected chi connectivity index (χ1v) is 9.36. The van der Waals surface area contributed by atoms with E-state index in [0.717, 1.165) is 18.5 Å². The summed E-state index contributed by atoms with van der Waals surface area (Å²) in [5, 5.41) is 22.5. The number of ether oxygens (including phenoxy) is 1. The van der Waals surface area contributed by atoms with Gasteiger partial charge < -0.3 is 29.7 Å². The van der Waals surface area contributed by atoms with Crippen molar-refractivity contribution in [1.82, 2.24) is 10.2 Å². The molecule has 3 aliphatic heterocycles. The van der Waals surface area contributed by atoms with E-state index < -0.39 is 13.1 Å². The summed E-state index contributed by atoms with van der Waals surface area (Å²) in [7, 11) is -1.01. The topological polar surface area (TPSA) is 108 Å². The molecule has 3 heterocycles. The molecule has 0 aromatic heterocycles. The Morgan fingerprint density at radius 3 is 2.81 bits per heavy atom. The minimum Gasteiger partial charge on any atom is -0.535 e. The highest BCUT2D eigenvalue weighted by molar-refractivity contribution is 6.44. The molecule has 144 valence electrons. The van der Waals surface area contributed by atoms with Crippen molar-refractivity contribution in [3.8, 4) is 11.5 Å². The highest BCUT2D eigenvalue weighted by Crippen LogP contribution is 2.37. The van der Waals surface area contributed by atoms with Crippen LogP contribution in [0.2, 0.25) is 6.32 Å². The number of likely N-dealkylation sites (tertiary alicyclic amines) is 1. The number of aromatic carboxylic acids is 1. The van der Waals surface area contributed by atoms with Gasteiger partial charge in [-0.3, -0.25) is 4.79 Å². The lowest BCUT2D eigenvalue weighted by Crippen LogP contribution is -2.60. The molecule has 1 aromatic carbocycles. The molecule has 0 aliphatic carbocycles. The maximum atomic E-state index is 12.5. The Morgan fingerprint density at radius 2 is 2.15 bits per heavy atom. The molecular weight excluding hydrogens is 351 g/mol. The Labute approximate surface area is 157 Å². The van der Waals surface area contributed by atoms with Gasteiger partial charge in [0.25, 0.3) is 0 Å². The summed E-state index contributed by atoms with van der Waals surface area (Å²) >= 11 is 0. The van der Waals surface area contributed by atoms with Gasteiger partial charge in [-0.1, -0.05) is 13.0 Å². The van der Waals surface area contributed by atoms with Gasteiger partial charge in [0.1, 0.15) is 23.2 Å². The minimum atomic E-state index is -1.16. The number of nitrogens with zero attached hydrogens (tertiary/aromatic N) is 1. The zero-order valence-corrected chi connectivity index (χ0v) is 15.2. The van der Waals surface area contributed by atoms with Gasteiger partial charge in [-0.05, 0) is 43.3 Å². The second-order valence-corrected chi connectivity index (χ2v) is 7.52. The average molecular weight is 374 g/mol. The van der Waals surface area contributed by atoms with E-state index in [1.54, 1.807) is 17.0 Å². The number of carbonyl (C=O) groups is 2. The Kier molecular flexibility index (Phi) is 4.73. The summed E-state index contributed by atoms with van der Waals surface area (Å²) in [5.41, 5.74) is 0.680. The fraction of sp³-hybridized carbons (Fsp3) is 0.556. The summed E-state index contributed by atoms with van der Waals surface area (Å²) in [4.78, 5) is 26.0. The van der Waals surface area contributed by atoms with Gasteiger partial charge in [-0.25, -0.2) is 4.79 Å². The summed E-state index contributed by atoms with van der Waals surface area (Å²) in [6.07, 6.45) is 1.72. The van der Waals surface area contributed by atoms with E-state index in [9.17, 15) is 19.7 Å². The smallest absolute Gasteiger partial charge is 0.522 e. The van der Waals surface area contributed by atoms with E-state index in [1.807, 2.05) is 0 Å². The summed E-state index contributed by atoms with van der Waals surface area (Å²) in [5.74, 6) is -0.377. The van der Waals surface area contributed by atoms with Crippen LogP contribution in [-0.4, -0.2) is 65.8 Å². The molecule has 3 N–H and O–H groups in total. The average Bonchev–Trinajstić information content (AvgIpc) is 3.02. The molecule has 8 nitrogen and oxygen atoms in total. The molecule has 2 saturated heterocycles. The third-order valence-corrected chi connectivity index (χ3v) is 5.58. The van der Waals surface area contributed by atoms with Crippen LogP contribution in [0.15, 0.2) is 12.1 Å². The van der Waals surface area contributed by atoms with Gasteiger partial charge >= 0.3 is 13.1 Å². The predicted octanol–water partition coefficient (Wildman–Crippen LogP) is 0.388. The van der Waals surface area contributed by atoms with Gasteiger partial charge in [0.15, 0.2) is 0 Å². The number of carboxylic acids is 1. The summed E-state index contributed by atoms with van der Waals surface area (Å²) < 4.78 is 11.2. The molecule has 1 aromatic rings. The zero-order valence-electron chi connectivity index (χ0n) is 15.2. The molecule has 0 spiro atoms. The van der Waals surface area contributed by atoms with Gasteiger partial charge in [0.05, 0.1) is 19.1 Å². The fourth-order valence-corrected chi connectivity index (χ4v) is 3.95. The number of benzene rings is 1. The minimum absolute atomic E-state index is 0.0675. The normalized spacial score (nSPS) is 24.8. The van der Waals surface area contributed by atoms with E-state index in [4.69, 9.17) is 9.39 Å². The first-order valence-electron chi connectivity index (χ1n) is 9.36. The van der Waals surface area contributed by atoms with Crippen LogP contribution in [0.4, 0.5) is 0 Å². The monoisotopic (exact) mass is 374 g/mol. The van der Waals surface area contributed by atoms with Crippen LogP contribution in [0.5, 0.6) is 11.5 Å². The molecule has 0 bridgehead atoms. The van der Waals surface area contributed by atoms with E-state index in [0.29, 0.717) is 31.7 Å². The molecule has 3 aliphatic rings. The Morgan fingerprint density at radius 1 is 1.37 bits per heavy atom. The van der Waals surface area contributed by atoms with E-state index in [1.165, 1.54) is 0 Å². The van der Waals surface area contributed by atoms with E-state index >= 15 is 0 Å². The second kappa shape index (κ2) is 7.05. The largest absolute Gasteiger partial charge is 0.535 e. The van der Waals surface area contributed by atoms with Gasteiger partial charge in [-0.15, -0.1) is 0 Å². The van der Waals surface area contributed by atoms with Crippen molar-refractivity contribution in [1.29, 1.82) is 0 Å². The van der Waals surface area contributed by atoms with Gasteiger partial charge in [0, 0.05) is 0 Å². The molecule has 9 heteroatoms. The number of hydrogen-bond acceptors (Lipinski definition) is 6. The Hall–Kier alpha value is -2.26. The number of amides is 1. The molecular formula is C18H23BN2O6. The third-order valence-electron chi connectivity index (χ3n) is 5.58. The number of fused-ring (bicyclic) bond motifs is 1. The number of nitrogens with one attached hydrogen (secondary N) is 1. The molecule has 2 fully saturated rings. The highest BCUT2D eigenvalue weighted by atomic mass is 16.5. The van der Waals surface area contributed by atoms with Crippen molar-refractivity contribution in [2.45, 2.75) is 38.2 Å². The van der Waals surface area contributed by atoms with Crippen LogP contribution >= 0.6 is 0 Å². The van der Waals surface area contributed by atoms with Crippen molar-refractivity contribution >= 4 is 19.0 Å². The molecule has 1 amide bonds. The summed E-state index contributed by atoms with van der Waals surface area (Å²) in [6.45, 7) is 3.79. The maximum Gasteiger partial charge on any atom is 0.522 e. The molecule has 0 radical (unpaired) electrons. The second-order valence-electron chi connectivity index (χ2n) is 7.52. The fourth-order valence-electron chi connectivity index (χ4n) is 3.95. The summed E-state index contributed by atoms with van der Waals surface area (Å²) in [6, 6.07) is 3.27. The van der Waals surface area contributed by atoms with Gasteiger partial charge in [-0.2, -0.15) is 0 Å². The predicted molar refractivity (Wildman–Crippen MR) is 97.1 cm³/mol. The third kappa shape index (κ3) is 3.37. The standard InChI is InChI=1S/C18H23BN2O6/c1-10-5-7-20-15(10)17(22)21-8-12(9-21)26-13-3-2-11-4-6-19(25)27-16(11)14(13)18(23)24/h2-3,10,12,15,20,25H,4-9H2,1H3,(H,23,24)/t10-,15+/m1/s1. The van der Waals surface area contributed by atoms with Crippen molar-refractivity contribution in [3.63, 3.8) is 0 Å². The van der Waals surface area contributed by atoms with Crippen molar-refractivity contribution in [2.75, 3.05) is 19.6 Å². The van der Waals surface area contributed by atoms with Gasteiger partial charge in [0.2, 0.25) is 5.91 Å². The van der Waals surface area contributed by atoms with Crippen molar-refractivity contribution in [2.24, 2.45) is 5.92 Å². The first-order chi connectivity index (χ1) is 12.9. The van der Waals surface area contributed by atoms with Crippen LogP contribution in [0.25, 0.3) is 0 Å². The molecule has 0 unspecified atom stereocenters. The Balaban J connectivity index is 1.44. The molecule has 0 saturated carbocycles. The van der Waals surface area contributed by atoms with Crippen LogP contribution in [0.1, 0.15) is 29.3 Å². The lowest BCUT2D eigenvalue weighted by Gasteiger charge is -2.41. The number of carbonyl (C=O) groups excluding carboxylic acids is 1. The first kappa shape index (κ1) is 18.1.